The summed E-state index contributed by atoms with van der Waals surface area (Å²) in [4.78, 5) is 27.5. The summed E-state index contributed by atoms with van der Waals surface area (Å²) >= 11 is 0. The van der Waals surface area contributed by atoms with E-state index < -0.39 is 0 Å². The van der Waals surface area contributed by atoms with Crippen LogP contribution in [-0.4, -0.2) is 35.6 Å². The van der Waals surface area contributed by atoms with E-state index in [1.165, 1.54) is 0 Å². The van der Waals surface area contributed by atoms with Gasteiger partial charge in [-0.15, -0.1) is 0 Å². The maximum absolute atomic E-state index is 13.0. The fourth-order valence-electron chi connectivity index (χ4n) is 4.07. The number of hydrogen-bond donors (Lipinski definition) is 3. The molecule has 2 aliphatic rings. The van der Waals surface area contributed by atoms with Crippen LogP contribution in [0.25, 0.3) is 0 Å². The lowest BCUT2D eigenvalue weighted by Gasteiger charge is -2.23. The third kappa shape index (κ3) is 3.88. The maximum Gasteiger partial charge on any atom is 0.251 e. The van der Waals surface area contributed by atoms with Crippen LogP contribution >= 0.6 is 0 Å². The van der Waals surface area contributed by atoms with Gasteiger partial charge in [-0.05, 0) is 48.9 Å². The van der Waals surface area contributed by atoms with Crippen LogP contribution < -0.4 is 11.1 Å². The van der Waals surface area contributed by atoms with E-state index in [0.717, 1.165) is 49.9 Å². The zero-order chi connectivity index (χ0) is 20.4. The minimum Gasteiger partial charge on any atom is -0.384 e. The van der Waals surface area contributed by atoms with Crippen LogP contribution in [0.5, 0.6) is 0 Å². The molecule has 0 aromatic heterocycles. The van der Waals surface area contributed by atoms with E-state index in [9.17, 15) is 9.59 Å². The fourth-order valence-corrected chi connectivity index (χ4v) is 4.07. The Balaban J connectivity index is 1.44. The van der Waals surface area contributed by atoms with Crippen molar-refractivity contribution in [3.63, 3.8) is 0 Å². The monoisotopic (exact) mass is 390 g/mol. The van der Waals surface area contributed by atoms with Gasteiger partial charge in [-0.25, -0.2) is 0 Å². The van der Waals surface area contributed by atoms with Crippen LogP contribution in [-0.2, 0) is 16.8 Å². The molecule has 2 aromatic carbocycles. The van der Waals surface area contributed by atoms with Crippen LogP contribution in [0.4, 0.5) is 0 Å². The highest BCUT2D eigenvalue weighted by Gasteiger charge is 2.53. The summed E-state index contributed by atoms with van der Waals surface area (Å²) in [5.41, 5.74) is 8.16. The van der Waals surface area contributed by atoms with Gasteiger partial charge in [0.15, 0.2) is 0 Å². The Morgan fingerprint density at radius 3 is 2.41 bits per heavy atom. The lowest BCUT2D eigenvalue weighted by molar-refractivity contribution is -0.132. The summed E-state index contributed by atoms with van der Waals surface area (Å²) in [6.45, 7) is 2.12. The van der Waals surface area contributed by atoms with Gasteiger partial charge >= 0.3 is 0 Å². The van der Waals surface area contributed by atoms with Crippen LogP contribution in [0.2, 0.25) is 0 Å². The number of nitrogen functional groups attached to an aromatic ring is 1. The number of nitrogens with one attached hydrogen (secondary N) is 2. The molecule has 2 amide bonds. The highest BCUT2D eigenvalue weighted by Crippen LogP contribution is 2.50. The smallest absolute Gasteiger partial charge is 0.251 e. The Labute approximate surface area is 170 Å². The molecule has 2 fully saturated rings. The number of nitrogens with two attached hydrogens (primary N) is 1. The number of amides is 2. The standard InChI is InChI=1S/C23H26N4O2/c24-20(25)17-6-4-7-18(14-17)21(28)26-15-16-5-3-8-19(13-16)23(9-10-23)22(29)27-11-1-2-12-27/h3-8,13-14H,1-2,9-12,15H2,(H3,24,25)(H,26,28). The largest absolute Gasteiger partial charge is 0.384 e. The molecule has 1 heterocycles. The van der Waals surface area contributed by atoms with Gasteiger partial charge in [0.25, 0.3) is 5.91 Å². The Bertz CT molecular complexity index is 959. The third-order valence-electron chi connectivity index (χ3n) is 5.92. The number of rotatable bonds is 6. The topological polar surface area (TPSA) is 99.3 Å². The molecule has 1 aliphatic heterocycles. The molecule has 6 nitrogen and oxygen atoms in total. The summed E-state index contributed by atoms with van der Waals surface area (Å²) in [6.07, 6.45) is 3.99. The molecular weight excluding hydrogens is 364 g/mol. The van der Waals surface area contributed by atoms with E-state index in [1.54, 1.807) is 24.3 Å². The number of likely N-dealkylation sites (tertiary alicyclic amines) is 1. The zero-order valence-corrected chi connectivity index (χ0v) is 16.4. The molecule has 1 aliphatic carbocycles. The van der Waals surface area contributed by atoms with Gasteiger partial charge in [0.2, 0.25) is 5.91 Å². The molecule has 29 heavy (non-hydrogen) atoms. The van der Waals surface area contributed by atoms with Crippen molar-refractivity contribution in [1.82, 2.24) is 10.2 Å². The molecule has 0 unspecified atom stereocenters. The lowest BCUT2D eigenvalue weighted by atomic mass is 9.93. The molecule has 1 saturated carbocycles. The highest BCUT2D eigenvalue weighted by atomic mass is 16.2. The van der Waals surface area contributed by atoms with Crippen molar-refractivity contribution in [3.05, 3.63) is 70.8 Å². The number of benzene rings is 2. The number of carbonyl (C=O) groups excluding carboxylic acids is 2. The normalized spacial score (nSPS) is 17.0. The molecule has 0 bridgehead atoms. The van der Waals surface area contributed by atoms with Crippen LogP contribution in [0.15, 0.2) is 48.5 Å². The molecule has 0 radical (unpaired) electrons. The van der Waals surface area contributed by atoms with E-state index in [4.69, 9.17) is 11.1 Å². The first-order valence-corrected chi connectivity index (χ1v) is 10.1. The van der Waals surface area contributed by atoms with E-state index in [1.807, 2.05) is 29.2 Å². The summed E-state index contributed by atoms with van der Waals surface area (Å²) in [6, 6.07) is 14.7. The van der Waals surface area contributed by atoms with Gasteiger partial charge < -0.3 is 16.0 Å². The maximum atomic E-state index is 13.0. The second-order valence-electron chi connectivity index (χ2n) is 7.96. The zero-order valence-electron chi connectivity index (χ0n) is 16.4. The van der Waals surface area contributed by atoms with Crippen molar-refractivity contribution in [2.45, 2.75) is 37.6 Å². The summed E-state index contributed by atoms with van der Waals surface area (Å²) in [7, 11) is 0. The number of carbonyl (C=O) groups is 2. The molecule has 0 atom stereocenters. The minimum atomic E-state index is -0.361. The Hall–Kier alpha value is -3.15. The first-order valence-electron chi connectivity index (χ1n) is 10.1. The summed E-state index contributed by atoms with van der Waals surface area (Å²) in [5.74, 6) is -0.0187. The van der Waals surface area contributed by atoms with Gasteiger partial charge in [-0.1, -0.05) is 36.4 Å². The molecule has 1 saturated heterocycles. The fraction of sp³-hybridized carbons (Fsp3) is 0.348. The third-order valence-corrected chi connectivity index (χ3v) is 5.92. The Morgan fingerprint density at radius 2 is 1.72 bits per heavy atom. The second kappa shape index (κ2) is 7.70. The average Bonchev–Trinajstić information content (AvgIpc) is 3.38. The molecule has 6 heteroatoms. The van der Waals surface area contributed by atoms with E-state index in [2.05, 4.69) is 5.32 Å². The second-order valence-corrected chi connectivity index (χ2v) is 7.96. The first-order chi connectivity index (χ1) is 14.0. The molecular formula is C23H26N4O2. The molecule has 4 N–H and O–H groups in total. The first kappa shape index (κ1) is 19.2. The summed E-state index contributed by atoms with van der Waals surface area (Å²) < 4.78 is 0. The average molecular weight is 390 g/mol. The Morgan fingerprint density at radius 1 is 1.03 bits per heavy atom. The van der Waals surface area contributed by atoms with Crippen LogP contribution in [0, 0.1) is 5.41 Å². The molecule has 0 spiro atoms. The predicted octanol–water partition coefficient (Wildman–Crippen LogP) is 2.55. The SMILES string of the molecule is N=C(N)c1cccc(C(=O)NCc2cccc(C3(C(=O)N4CCCC4)CC3)c2)c1. The van der Waals surface area contributed by atoms with Crippen LogP contribution in [0.3, 0.4) is 0 Å². The van der Waals surface area contributed by atoms with Crippen molar-refractivity contribution >= 4 is 17.6 Å². The van der Waals surface area contributed by atoms with Gasteiger partial charge in [-0.3, -0.25) is 15.0 Å². The molecule has 150 valence electrons. The van der Waals surface area contributed by atoms with Crippen molar-refractivity contribution in [2.24, 2.45) is 5.73 Å². The van der Waals surface area contributed by atoms with E-state index >= 15 is 0 Å². The number of amidine groups is 1. The van der Waals surface area contributed by atoms with E-state index in [0.29, 0.717) is 17.7 Å². The van der Waals surface area contributed by atoms with Gasteiger partial charge in [0, 0.05) is 30.8 Å². The van der Waals surface area contributed by atoms with Crippen molar-refractivity contribution in [1.29, 1.82) is 5.41 Å². The molecule has 4 rings (SSSR count). The van der Waals surface area contributed by atoms with E-state index in [-0.39, 0.29) is 23.1 Å². The predicted molar refractivity (Wildman–Crippen MR) is 112 cm³/mol. The van der Waals surface area contributed by atoms with Crippen molar-refractivity contribution < 1.29 is 9.59 Å². The van der Waals surface area contributed by atoms with Crippen molar-refractivity contribution in [3.8, 4) is 0 Å². The quantitative estimate of drug-likeness (QED) is 0.522. The van der Waals surface area contributed by atoms with Crippen LogP contribution in [0.1, 0.15) is 52.7 Å². The Kier molecular flexibility index (Phi) is 5.09. The number of nitrogens with zero attached hydrogens (tertiary/aromatic N) is 1. The highest BCUT2D eigenvalue weighted by molar-refractivity contribution is 6.00. The molecule has 2 aromatic rings. The van der Waals surface area contributed by atoms with Gasteiger partial charge in [-0.2, -0.15) is 0 Å². The minimum absolute atomic E-state index is 0.0650. The van der Waals surface area contributed by atoms with Gasteiger partial charge in [0.1, 0.15) is 5.84 Å². The number of hydrogen-bond acceptors (Lipinski definition) is 3. The lowest BCUT2D eigenvalue weighted by Crippen LogP contribution is -2.37. The summed E-state index contributed by atoms with van der Waals surface area (Å²) in [5, 5.41) is 10.4. The van der Waals surface area contributed by atoms with Gasteiger partial charge in [0.05, 0.1) is 5.41 Å². The van der Waals surface area contributed by atoms with Crippen molar-refractivity contribution in [2.75, 3.05) is 13.1 Å².